The molecule has 0 saturated heterocycles. The van der Waals surface area contributed by atoms with Crippen LogP contribution in [-0.4, -0.2) is 4.98 Å². The highest BCUT2D eigenvalue weighted by Gasteiger charge is 2.07. The summed E-state index contributed by atoms with van der Waals surface area (Å²) >= 11 is 1.68. The molecule has 0 radical (unpaired) electrons. The van der Waals surface area contributed by atoms with Gasteiger partial charge < -0.3 is 5.32 Å². The topological polar surface area (TPSA) is 24.9 Å². The van der Waals surface area contributed by atoms with Gasteiger partial charge in [0.15, 0.2) is 0 Å². The molecule has 15 heavy (non-hydrogen) atoms. The molecule has 3 heteroatoms. The molecule has 2 nitrogen and oxygen atoms in total. The smallest absolute Gasteiger partial charge is 0.0795 e. The summed E-state index contributed by atoms with van der Waals surface area (Å²) in [4.78, 5) is 5.35. The number of nitrogens with one attached hydrogen (secondary N) is 1. The third kappa shape index (κ3) is 2.36. The van der Waals surface area contributed by atoms with Gasteiger partial charge in [-0.05, 0) is 25.5 Å². The first-order chi connectivity index (χ1) is 7.27. The Morgan fingerprint density at radius 2 is 2.13 bits per heavy atom. The molecule has 0 saturated carbocycles. The molecular formula is C12H14N2S. The minimum Gasteiger partial charge on any atom is -0.377 e. The summed E-state index contributed by atoms with van der Waals surface area (Å²) in [5, 5.41) is 3.48. The van der Waals surface area contributed by atoms with E-state index in [1.807, 2.05) is 11.7 Å². The van der Waals surface area contributed by atoms with Gasteiger partial charge in [0.1, 0.15) is 0 Å². The number of anilines is 1. The molecule has 2 rings (SSSR count). The summed E-state index contributed by atoms with van der Waals surface area (Å²) < 4.78 is 0. The summed E-state index contributed by atoms with van der Waals surface area (Å²) in [7, 11) is 0. The first-order valence-corrected chi connectivity index (χ1v) is 5.86. The fourth-order valence-corrected chi connectivity index (χ4v) is 2.11. The Morgan fingerprint density at radius 3 is 2.80 bits per heavy atom. The van der Waals surface area contributed by atoms with E-state index in [2.05, 4.69) is 48.4 Å². The summed E-state index contributed by atoms with van der Waals surface area (Å²) in [6.45, 7) is 4.27. The molecule has 0 fully saturated rings. The van der Waals surface area contributed by atoms with Crippen molar-refractivity contribution < 1.29 is 0 Å². The van der Waals surface area contributed by atoms with Crippen molar-refractivity contribution in [3.8, 4) is 0 Å². The number of hydrogen-bond acceptors (Lipinski definition) is 3. The lowest BCUT2D eigenvalue weighted by Crippen LogP contribution is -2.05. The molecule has 1 aromatic carbocycles. The van der Waals surface area contributed by atoms with Crippen molar-refractivity contribution in [1.29, 1.82) is 0 Å². The van der Waals surface area contributed by atoms with Crippen molar-refractivity contribution in [3.05, 3.63) is 46.4 Å². The number of rotatable bonds is 3. The van der Waals surface area contributed by atoms with E-state index >= 15 is 0 Å². The molecule has 0 spiro atoms. The zero-order valence-electron chi connectivity index (χ0n) is 8.90. The molecule has 2 aromatic rings. The van der Waals surface area contributed by atoms with Crippen LogP contribution in [0.25, 0.3) is 0 Å². The number of aryl methyl sites for hydroxylation is 1. The van der Waals surface area contributed by atoms with Crippen molar-refractivity contribution in [3.63, 3.8) is 0 Å². The Kier molecular flexibility index (Phi) is 3.02. The Morgan fingerprint density at radius 1 is 1.33 bits per heavy atom. The molecular weight excluding hydrogens is 204 g/mol. The molecule has 1 atom stereocenters. The lowest BCUT2D eigenvalue weighted by Gasteiger charge is -2.14. The van der Waals surface area contributed by atoms with Crippen LogP contribution < -0.4 is 5.32 Å². The number of para-hydroxylation sites is 1. The summed E-state index contributed by atoms with van der Waals surface area (Å²) in [6.07, 6.45) is 1.92. The average Bonchev–Trinajstić information content (AvgIpc) is 2.74. The van der Waals surface area contributed by atoms with E-state index in [9.17, 15) is 0 Å². The van der Waals surface area contributed by atoms with Crippen molar-refractivity contribution in [2.24, 2.45) is 0 Å². The van der Waals surface area contributed by atoms with E-state index in [0.29, 0.717) is 6.04 Å². The van der Waals surface area contributed by atoms with E-state index in [0.717, 1.165) is 0 Å². The van der Waals surface area contributed by atoms with E-state index in [1.54, 1.807) is 11.3 Å². The van der Waals surface area contributed by atoms with Gasteiger partial charge in [0.05, 0.1) is 11.6 Å². The molecule has 0 bridgehead atoms. The monoisotopic (exact) mass is 218 g/mol. The van der Waals surface area contributed by atoms with Crippen molar-refractivity contribution in [2.45, 2.75) is 19.9 Å². The fraction of sp³-hybridized carbons (Fsp3) is 0.250. The van der Waals surface area contributed by atoms with Crippen LogP contribution in [0.5, 0.6) is 0 Å². The molecule has 1 heterocycles. The minimum atomic E-state index is 0.318. The average molecular weight is 218 g/mol. The number of benzene rings is 1. The van der Waals surface area contributed by atoms with Gasteiger partial charge in [-0.2, -0.15) is 0 Å². The molecule has 0 aliphatic rings. The lowest BCUT2D eigenvalue weighted by atomic mass is 10.2. The van der Waals surface area contributed by atoms with Gasteiger partial charge in [-0.25, -0.2) is 0 Å². The first-order valence-electron chi connectivity index (χ1n) is 4.98. The van der Waals surface area contributed by atoms with E-state index in [1.165, 1.54) is 16.1 Å². The molecule has 78 valence electrons. The molecule has 0 aliphatic heterocycles. The van der Waals surface area contributed by atoms with Crippen molar-refractivity contribution >= 4 is 17.0 Å². The highest BCUT2D eigenvalue weighted by atomic mass is 32.1. The van der Waals surface area contributed by atoms with Gasteiger partial charge in [-0.1, -0.05) is 18.2 Å². The molecule has 1 aromatic heterocycles. The van der Waals surface area contributed by atoms with E-state index in [-0.39, 0.29) is 0 Å². The first kappa shape index (κ1) is 10.2. The van der Waals surface area contributed by atoms with Crippen molar-refractivity contribution in [2.75, 3.05) is 5.32 Å². The van der Waals surface area contributed by atoms with Gasteiger partial charge in [0.25, 0.3) is 0 Å². The highest BCUT2D eigenvalue weighted by molar-refractivity contribution is 7.09. The van der Waals surface area contributed by atoms with Gasteiger partial charge in [0, 0.05) is 16.8 Å². The second-order valence-corrected chi connectivity index (χ2v) is 4.50. The van der Waals surface area contributed by atoms with Gasteiger partial charge in [0.2, 0.25) is 0 Å². The standard InChI is InChI=1S/C12H14N2S/c1-9-5-3-4-6-11(9)14-10(2)12-7-13-8-15-12/h3-8,10,14H,1-2H3. The second-order valence-electron chi connectivity index (χ2n) is 3.58. The second kappa shape index (κ2) is 4.45. The number of hydrogen-bond donors (Lipinski definition) is 1. The predicted molar refractivity (Wildman–Crippen MR) is 65.3 cm³/mol. The van der Waals surface area contributed by atoms with Crippen LogP contribution >= 0.6 is 11.3 Å². The number of nitrogens with zero attached hydrogens (tertiary/aromatic N) is 1. The van der Waals surface area contributed by atoms with E-state index in [4.69, 9.17) is 0 Å². The summed E-state index contributed by atoms with van der Waals surface area (Å²) in [5.74, 6) is 0. The summed E-state index contributed by atoms with van der Waals surface area (Å²) in [5.41, 5.74) is 4.33. The van der Waals surface area contributed by atoms with Crippen LogP contribution in [0.4, 0.5) is 5.69 Å². The SMILES string of the molecule is Cc1ccccc1NC(C)c1cncs1. The minimum absolute atomic E-state index is 0.318. The largest absolute Gasteiger partial charge is 0.377 e. The lowest BCUT2D eigenvalue weighted by molar-refractivity contribution is 0.901. The third-order valence-corrected chi connectivity index (χ3v) is 3.35. The van der Waals surface area contributed by atoms with Crippen LogP contribution in [0, 0.1) is 6.92 Å². The van der Waals surface area contributed by atoms with E-state index < -0.39 is 0 Å². The normalized spacial score (nSPS) is 12.4. The third-order valence-electron chi connectivity index (χ3n) is 2.40. The maximum atomic E-state index is 4.09. The van der Waals surface area contributed by atoms with Crippen LogP contribution in [0.1, 0.15) is 23.4 Å². The fourth-order valence-electron chi connectivity index (χ4n) is 1.48. The van der Waals surface area contributed by atoms with Crippen LogP contribution in [0.15, 0.2) is 36.0 Å². The van der Waals surface area contributed by atoms with Crippen LogP contribution in [0.3, 0.4) is 0 Å². The molecule has 1 unspecified atom stereocenters. The van der Waals surface area contributed by atoms with Crippen LogP contribution in [0.2, 0.25) is 0 Å². The Hall–Kier alpha value is -1.35. The summed E-state index contributed by atoms with van der Waals surface area (Å²) in [6, 6.07) is 8.64. The molecule has 1 N–H and O–H groups in total. The Balaban J connectivity index is 2.13. The Labute approximate surface area is 94.0 Å². The number of thiazole rings is 1. The van der Waals surface area contributed by atoms with Gasteiger partial charge in [-0.15, -0.1) is 11.3 Å². The molecule has 0 aliphatic carbocycles. The zero-order valence-corrected chi connectivity index (χ0v) is 9.71. The highest BCUT2D eigenvalue weighted by Crippen LogP contribution is 2.23. The number of aromatic nitrogens is 1. The Bertz CT molecular complexity index is 423. The van der Waals surface area contributed by atoms with Crippen LogP contribution in [-0.2, 0) is 0 Å². The predicted octanol–water partition coefficient (Wildman–Crippen LogP) is 3.62. The maximum absolute atomic E-state index is 4.09. The molecule has 0 amide bonds. The van der Waals surface area contributed by atoms with Gasteiger partial charge in [-0.3, -0.25) is 4.98 Å². The quantitative estimate of drug-likeness (QED) is 0.851. The zero-order chi connectivity index (χ0) is 10.7. The van der Waals surface area contributed by atoms with Crippen molar-refractivity contribution in [1.82, 2.24) is 4.98 Å². The van der Waals surface area contributed by atoms with Gasteiger partial charge >= 0.3 is 0 Å². The maximum Gasteiger partial charge on any atom is 0.0795 e.